The van der Waals surface area contributed by atoms with Crippen molar-refractivity contribution >= 4 is 11.8 Å². The Bertz CT molecular complexity index is 572. The Morgan fingerprint density at radius 2 is 2.05 bits per heavy atom. The number of aromatic nitrogens is 5. The van der Waals surface area contributed by atoms with Crippen molar-refractivity contribution in [3.63, 3.8) is 0 Å². The molecule has 0 aliphatic heterocycles. The smallest absolute Gasteiger partial charge is 0.272 e. The quantitative estimate of drug-likeness (QED) is 0.571. The summed E-state index contributed by atoms with van der Waals surface area (Å²) in [4.78, 5) is 31.1. The Balaban J connectivity index is 1.98. The molecule has 10 nitrogen and oxygen atoms in total. The Kier molecular flexibility index (Phi) is 4.29. The minimum atomic E-state index is -1.13. The first kappa shape index (κ1) is 13.5. The molecule has 1 unspecified atom stereocenters. The first-order valence-corrected chi connectivity index (χ1v) is 5.54. The lowest BCUT2D eigenvalue weighted by Crippen LogP contribution is -2.48. The average molecular weight is 277 g/mol. The summed E-state index contributed by atoms with van der Waals surface area (Å²) in [5.41, 5.74) is 2.42. The Hall–Kier alpha value is -2.88. The number of rotatable bonds is 5. The third-order valence-corrected chi connectivity index (χ3v) is 2.26. The van der Waals surface area contributed by atoms with Gasteiger partial charge in [0.1, 0.15) is 24.4 Å². The molecular weight excluding hydrogens is 266 g/mol. The molecule has 3 N–H and O–H groups in total. The molecule has 0 spiro atoms. The fourth-order valence-electron chi connectivity index (χ4n) is 1.31. The van der Waals surface area contributed by atoms with Gasteiger partial charge in [0.05, 0.1) is 12.8 Å². The standard InChI is InChI=1S/C10H11N7O3/c18-4-8(10(20)16-17-5-13-14-6-17)15-9(19)7-3-11-1-2-12-7/h1-3,5-6,8,18H,4H2,(H,15,19)(H,16,20). The van der Waals surface area contributed by atoms with Gasteiger partial charge in [-0.3, -0.25) is 20.0 Å². The maximum atomic E-state index is 11.8. The topological polar surface area (TPSA) is 135 Å². The van der Waals surface area contributed by atoms with E-state index in [4.69, 9.17) is 5.11 Å². The molecule has 1 atom stereocenters. The number of nitrogens with one attached hydrogen (secondary N) is 2. The van der Waals surface area contributed by atoms with Crippen LogP contribution in [0.5, 0.6) is 0 Å². The number of aliphatic hydroxyl groups excluding tert-OH is 1. The zero-order valence-corrected chi connectivity index (χ0v) is 10.2. The second kappa shape index (κ2) is 6.33. The summed E-state index contributed by atoms with van der Waals surface area (Å²) in [5.74, 6) is -1.24. The zero-order chi connectivity index (χ0) is 14.4. The molecule has 2 aromatic heterocycles. The van der Waals surface area contributed by atoms with E-state index in [0.29, 0.717) is 0 Å². The number of carbonyl (C=O) groups is 2. The Morgan fingerprint density at radius 1 is 1.30 bits per heavy atom. The molecule has 0 aromatic carbocycles. The van der Waals surface area contributed by atoms with E-state index in [2.05, 4.69) is 30.9 Å². The highest BCUT2D eigenvalue weighted by molar-refractivity contribution is 5.97. The number of amides is 2. The van der Waals surface area contributed by atoms with Crippen LogP contribution in [0, 0.1) is 0 Å². The van der Waals surface area contributed by atoms with Crippen LogP contribution in [-0.4, -0.2) is 54.4 Å². The van der Waals surface area contributed by atoms with Crippen LogP contribution in [0.4, 0.5) is 0 Å². The van der Waals surface area contributed by atoms with Crippen molar-refractivity contribution in [2.24, 2.45) is 0 Å². The van der Waals surface area contributed by atoms with Crippen LogP contribution in [0.2, 0.25) is 0 Å². The molecule has 0 bridgehead atoms. The summed E-state index contributed by atoms with van der Waals surface area (Å²) in [6, 6.07) is -1.13. The molecule has 0 aliphatic rings. The summed E-state index contributed by atoms with van der Waals surface area (Å²) >= 11 is 0. The van der Waals surface area contributed by atoms with Gasteiger partial charge >= 0.3 is 0 Å². The van der Waals surface area contributed by atoms with Crippen molar-refractivity contribution in [2.45, 2.75) is 6.04 Å². The zero-order valence-electron chi connectivity index (χ0n) is 10.2. The van der Waals surface area contributed by atoms with Crippen molar-refractivity contribution < 1.29 is 14.7 Å². The highest BCUT2D eigenvalue weighted by Crippen LogP contribution is 1.93. The number of hydrogen-bond acceptors (Lipinski definition) is 7. The predicted molar refractivity (Wildman–Crippen MR) is 64.8 cm³/mol. The minimum absolute atomic E-state index is 0.0445. The van der Waals surface area contributed by atoms with Crippen molar-refractivity contribution in [3.05, 3.63) is 36.9 Å². The van der Waals surface area contributed by atoms with Gasteiger partial charge in [-0.25, -0.2) is 9.66 Å². The fourth-order valence-corrected chi connectivity index (χ4v) is 1.31. The minimum Gasteiger partial charge on any atom is -0.394 e. The third-order valence-electron chi connectivity index (χ3n) is 2.26. The van der Waals surface area contributed by atoms with Crippen LogP contribution in [0.25, 0.3) is 0 Å². The van der Waals surface area contributed by atoms with E-state index in [-0.39, 0.29) is 5.69 Å². The van der Waals surface area contributed by atoms with Crippen molar-refractivity contribution in [1.82, 2.24) is 30.2 Å². The van der Waals surface area contributed by atoms with Crippen LogP contribution in [0.1, 0.15) is 10.5 Å². The van der Waals surface area contributed by atoms with Crippen LogP contribution in [-0.2, 0) is 4.79 Å². The van der Waals surface area contributed by atoms with Crippen LogP contribution < -0.4 is 10.7 Å². The third kappa shape index (κ3) is 3.32. The number of carbonyl (C=O) groups excluding carboxylic acids is 2. The molecule has 2 heterocycles. The predicted octanol–water partition coefficient (Wildman–Crippen LogP) is -2.07. The molecule has 20 heavy (non-hydrogen) atoms. The van der Waals surface area contributed by atoms with E-state index in [1.807, 2.05) is 0 Å². The monoisotopic (exact) mass is 277 g/mol. The summed E-state index contributed by atoms with van der Waals surface area (Å²) in [5, 5.41) is 18.5. The SMILES string of the molecule is O=C(NC(CO)C(=O)Nn1cnnc1)c1cnccn1. The number of hydrogen-bond donors (Lipinski definition) is 3. The lowest BCUT2D eigenvalue weighted by Gasteiger charge is -2.15. The molecule has 2 aromatic rings. The van der Waals surface area contributed by atoms with Gasteiger partial charge in [-0.15, -0.1) is 10.2 Å². The highest BCUT2D eigenvalue weighted by Gasteiger charge is 2.21. The van der Waals surface area contributed by atoms with Crippen molar-refractivity contribution in [1.29, 1.82) is 0 Å². The van der Waals surface area contributed by atoms with Gasteiger partial charge in [0.2, 0.25) is 0 Å². The van der Waals surface area contributed by atoms with E-state index in [0.717, 1.165) is 0 Å². The molecular formula is C10H11N7O3. The van der Waals surface area contributed by atoms with E-state index in [1.165, 1.54) is 35.9 Å². The van der Waals surface area contributed by atoms with Crippen LogP contribution in [0.15, 0.2) is 31.2 Å². The maximum absolute atomic E-state index is 11.8. The first-order chi connectivity index (χ1) is 9.70. The fraction of sp³-hybridized carbons (Fsp3) is 0.200. The van der Waals surface area contributed by atoms with Gasteiger partial charge in [0.25, 0.3) is 11.8 Å². The van der Waals surface area contributed by atoms with Gasteiger partial charge in [0, 0.05) is 12.4 Å². The molecule has 104 valence electrons. The van der Waals surface area contributed by atoms with E-state index in [9.17, 15) is 9.59 Å². The van der Waals surface area contributed by atoms with Gasteiger partial charge in [0.15, 0.2) is 0 Å². The molecule has 0 aliphatic carbocycles. The largest absolute Gasteiger partial charge is 0.394 e. The second-order valence-electron chi connectivity index (χ2n) is 3.64. The molecule has 0 saturated heterocycles. The summed E-state index contributed by atoms with van der Waals surface area (Å²) in [6.07, 6.45) is 6.54. The Labute approximate surface area is 112 Å². The lowest BCUT2D eigenvalue weighted by molar-refractivity contribution is -0.119. The normalized spacial score (nSPS) is 11.7. The number of nitrogens with zero attached hydrogens (tertiary/aromatic N) is 5. The van der Waals surface area contributed by atoms with Gasteiger partial charge < -0.3 is 10.4 Å². The highest BCUT2D eigenvalue weighted by atomic mass is 16.3. The van der Waals surface area contributed by atoms with Gasteiger partial charge in [-0.1, -0.05) is 0 Å². The molecule has 0 radical (unpaired) electrons. The molecule has 10 heteroatoms. The van der Waals surface area contributed by atoms with Crippen molar-refractivity contribution in [2.75, 3.05) is 12.0 Å². The first-order valence-electron chi connectivity index (χ1n) is 5.54. The maximum Gasteiger partial charge on any atom is 0.272 e. The van der Waals surface area contributed by atoms with Crippen LogP contribution in [0.3, 0.4) is 0 Å². The molecule has 0 fully saturated rings. The summed E-state index contributed by atoms with van der Waals surface area (Å²) in [6.45, 7) is -0.569. The Morgan fingerprint density at radius 3 is 2.65 bits per heavy atom. The van der Waals surface area contributed by atoms with Gasteiger partial charge in [-0.2, -0.15) is 0 Å². The summed E-state index contributed by atoms with van der Waals surface area (Å²) in [7, 11) is 0. The van der Waals surface area contributed by atoms with Crippen LogP contribution >= 0.6 is 0 Å². The lowest BCUT2D eigenvalue weighted by atomic mass is 10.3. The second-order valence-corrected chi connectivity index (χ2v) is 3.64. The van der Waals surface area contributed by atoms with Gasteiger partial charge in [-0.05, 0) is 0 Å². The number of aliphatic hydroxyl groups is 1. The average Bonchev–Trinajstić information content (AvgIpc) is 2.98. The molecule has 2 rings (SSSR count). The van der Waals surface area contributed by atoms with E-state index >= 15 is 0 Å². The summed E-state index contributed by atoms with van der Waals surface area (Å²) < 4.78 is 1.19. The molecule has 0 saturated carbocycles. The van der Waals surface area contributed by atoms with Crippen molar-refractivity contribution in [3.8, 4) is 0 Å². The molecule has 2 amide bonds. The van der Waals surface area contributed by atoms with E-state index in [1.54, 1.807) is 0 Å². The van der Waals surface area contributed by atoms with E-state index < -0.39 is 24.5 Å².